The van der Waals surface area contributed by atoms with Crippen molar-refractivity contribution in [3.8, 4) is 0 Å². The van der Waals surface area contributed by atoms with Crippen LogP contribution in [0.1, 0.15) is 11.1 Å². The summed E-state index contributed by atoms with van der Waals surface area (Å²) in [5, 5.41) is 5.24. The normalized spacial score (nSPS) is 11.3. The number of alkyl halides is 3. The van der Waals surface area contributed by atoms with Crippen LogP contribution in [0.5, 0.6) is 0 Å². The molecular formula is C18H14F4N4. The lowest BCUT2D eigenvalue weighted by Crippen LogP contribution is -2.13. The summed E-state index contributed by atoms with van der Waals surface area (Å²) in [6, 6.07) is 12.6. The number of halogens is 4. The molecule has 1 heterocycles. The van der Waals surface area contributed by atoms with E-state index in [-0.39, 0.29) is 11.6 Å². The highest BCUT2D eigenvalue weighted by molar-refractivity contribution is 5.63. The Bertz CT molecular complexity index is 925. The zero-order valence-corrected chi connectivity index (χ0v) is 13.6. The van der Waals surface area contributed by atoms with Gasteiger partial charge in [0.25, 0.3) is 0 Å². The van der Waals surface area contributed by atoms with Crippen LogP contribution in [0.15, 0.2) is 54.7 Å². The van der Waals surface area contributed by atoms with Gasteiger partial charge in [-0.2, -0.15) is 18.2 Å². The number of benzene rings is 2. The van der Waals surface area contributed by atoms with Crippen LogP contribution in [-0.4, -0.2) is 9.97 Å². The number of aromatic nitrogens is 2. The molecule has 0 amide bonds. The lowest BCUT2D eigenvalue weighted by Gasteiger charge is -2.15. The van der Waals surface area contributed by atoms with Gasteiger partial charge in [0.1, 0.15) is 17.2 Å². The predicted octanol–water partition coefficient (Wildman–Crippen LogP) is 5.43. The summed E-state index contributed by atoms with van der Waals surface area (Å²) in [4.78, 5) is 7.60. The molecule has 134 valence electrons. The van der Waals surface area contributed by atoms with Crippen LogP contribution < -0.4 is 10.6 Å². The molecule has 3 rings (SSSR count). The zero-order valence-electron chi connectivity index (χ0n) is 13.6. The Morgan fingerprint density at radius 1 is 0.962 bits per heavy atom. The molecule has 0 saturated carbocycles. The van der Waals surface area contributed by atoms with Crippen molar-refractivity contribution in [1.29, 1.82) is 0 Å². The minimum atomic E-state index is -4.69. The van der Waals surface area contributed by atoms with Crippen LogP contribution in [0.4, 0.5) is 40.7 Å². The first-order chi connectivity index (χ1) is 12.3. The molecule has 0 atom stereocenters. The van der Waals surface area contributed by atoms with E-state index in [2.05, 4.69) is 20.6 Å². The number of rotatable bonds is 4. The van der Waals surface area contributed by atoms with Crippen LogP contribution in [-0.2, 0) is 6.18 Å². The van der Waals surface area contributed by atoms with E-state index in [1.54, 1.807) is 18.2 Å². The Labute approximate surface area is 146 Å². The number of aryl methyl sites for hydroxylation is 1. The zero-order chi connectivity index (χ0) is 18.7. The molecule has 3 aromatic rings. The monoisotopic (exact) mass is 362 g/mol. The van der Waals surface area contributed by atoms with Crippen LogP contribution in [0, 0.1) is 12.7 Å². The third kappa shape index (κ3) is 4.08. The second-order valence-corrected chi connectivity index (χ2v) is 5.55. The SMILES string of the molecule is Cc1cccc(Nc2ncc(C(F)(F)F)c(Nc3ccccc3F)n2)c1. The number of hydrogen-bond donors (Lipinski definition) is 2. The Hall–Kier alpha value is -3.16. The Kier molecular flexibility index (Phi) is 4.75. The quantitative estimate of drug-likeness (QED) is 0.608. The highest BCUT2D eigenvalue weighted by Crippen LogP contribution is 2.35. The fourth-order valence-corrected chi connectivity index (χ4v) is 2.29. The summed E-state index contributed by atoms with van der Waals surface area (Å²) >= 11 is 0. The standard InChI is InChI=1S/C18H14F4N4/c1-11-5-4-6-12(9-11)24-17-23-10-13(18(20,21)22)16(26-17)25-15-8-3-2-7-14(15)19/h2-10H,1H3,(H2,23,24,25,26). The van der Waals surface area contributed by atoms with E-state index in [0.717, 1.165) is 11.6 Å². The molecule has 0 aliphatic carbocycles. The van der Waals surface area contributed by atoms with E-state index in [4.69, 9.17) is 0 Å². The summed E-state index contributed by atoms with van der Waals surface area (Å²) < 4.78 is 53.5. The van der Waals surface area contributed by atoms with Gasteiger partial charge in [0, 0.05) is 11.9 Å². The molecule has 0 fully saturated rings. The molecule has 1 aromatic heterocycles. The highest BCUT2D eigenvalue weighted by atomic mass is 19.4. The van der Waals surface area contributed by atoms with E-state index >= 15 is 0 Å². The molecule has 2 N–H and O–H groups in total. The van der Waals surface area contributed by atoms with E-state index in [0.29, 0.717) is 11.9 Å². The Balaban J connectivity index is 1.98. The Morgan fingerprint density at radius 3 is 2.42 bits per heavy atom. The second kappa shape index (κ2) is 6.99. The van der Waals surface area contributed by atoms with Crippen molar-refractivity contribution >= 4 is 23.1 Å². The molecule has 26 heavy (non-hydrogen) atoms. The summed E-state index contributed by atoms with van der Waals surface area (Å²) in [5.41, 5.74) is 0.391. The molecule has 8 heteroatoms. The third-order valence-electron chi connectivity index (χ3n) is 3.50. The highest BCUT2D eigenvalue weighted by Gasteiger charge is 2.35. The molecule has 0 saturated heterocycles. The van der Waals surface area contributed by atoms with Gasteiger partial charge in [0.2, 0.25) is 5.95 Å². The fraction of sp³-hybridized carbons (Fsp3) is 0.111. The molecule has 0 unspecified atom stereocenters. The maximum Gasteiger partial charge on any atom is 0.421 e. The van der Waals surface area contributed by atoms with Crippen molar-refractivity contribution in [1.82, 2.24) is 9.97 Å². The summed E-state index contributed by atoms with van der Waals surface area (Å²) in [7, 11) is 0. The molecule has 0 spiro atoms. The van der Waals surface area contributed by atoms with Gasteiger partial charge < -0.3 is 10.6 Å². The van der Waals surface area contributed by atoms with Crippen molar-refractivity contribution in [3.63, 3.8) is 0 Å². The number of nitrogens with one attached hydrogen (secondary N) is 2. The van der Waals surface area contributed by atoms with E-state index in [1.165, 1.54) is 18.2 Å². The molecule has 0 aliphatic rings. The van der Waals surface area contributed by atoms with E-state index < -0.39 is 23.4 Å². The van der Waals surface area contributed by atoms with Gasteiger partial charge in [-0.25, -0.2) is 9.37 Å². The van der Waals surface area contributed by atoms with E-state index in [1.807, 2.05) is 13.0 Å². The smallest absolute Gasteiger partial charge is 0.337 e. The van der Waals surface area contributed by atoms with Crippen molar-refractivity contribution < 1.29 is 17.6 Å². The lowest BCUT2D eigenvalue weighted by molar-refractivity contribution is -0.137. The van der Waals surface area contributed by atoms with Gasteiger partial charge in [-0.1, -0.05) is 24.3 Å². The van der Waals surface area contributed by atoms with Crippen LogP contribution in [0.3, 0.4) is 0 Å². The van der Waals surface area contributed by atoms with Gasteiger partial charge in [0.15, 0.2) is 0 Å². The average molecular weight is 362 g/mol. The maximum absolute atomic E-state index is 13.8. The summed E-state index contributed by atoms with van der Waals surface area (Å²) in [6.07, 6.45) is -4.02. The number of hydrogen-bond acceptors (Lipinski definition) is 4. The summed E-state index contributed by atoms with van der Waals surface area (Å²) in [5.74, 6) is -1.26. The Morgan fingerprint density at radius 2 is 1.73 bits per heavy atom. The topological polar surface area (TPSA) is 49.8 Å². The summed E-state index contributed by atoms with van der Waals surface area (Å²) in [6.45, 7) is 1.88. The molecular weight excluding hydrogens is 348 g/mol. The van der Waals surface area contributed by atoms with Gasteiger partial charge in [-0.15, -0.1) is 0 Å². The fourth-order valence-electron chi connectivity index (χ4n) is 2.29. The van der Waals surface area contributed by atoms with Crippen molar-refractivity contribution in [2.75, 3.05) is 10.6 Å². The number of para-hydroxylation sites is 1. The first kappa shape index (κ1) is 17.7. The minimum Gasteiger partial charge on any atom is -0.337 e. The van der Waals surface area contributed by atoms with Crippen LogP contribution in [0.25, 0.3) is 0 Å². The average Bonchev–Trinajstić information content (AvgIpc) is 2.56. The van der Waals surface area contributed by atoms with Crippen LogP contribution >= 0.6 is 0 Å². The molecule has 2 aromatic carbocycles. The molecule has 0 bridgehead atoms. The van der Waals surface area contributed by atoms with Crippen molar-refractivity contribution in [2.45, 2.75) is 13.1 Å². The van der Waals surface area contributed by atoms with Crippen molar-refractivity contribution in [3.05, 3.63) is 71.7 Å². The minimum absolute atomic E-state index is 0.0394. The predicted molar refractivity (Wildman–Crippen MR) is 91.2 cm³/mol. The number of anilines is 4. The molecule has 0 aliphatic heterocycles. The maximum atomic E-state index is 13.8. The molecule has 4 nitrogen and oxygen atoms in total. The lowest BCUT2D eigenvalue weighted by atomic mass is 10.2. The van der Waals surface area contributed by atoms with Crippen LogP contribution in [0.2, 0.25) is 0 Å². The largest absolute Gasteiger partial charge is 0.421 e. The molecule has 0 radical (unpaired) electrons. The van der Waals surface area contributed by atoms with Gasteiger partial charge >= 0.3 is 6.18 Å². The third-order valence-corrected chi connectivity index (χ3v) is 3.50. The first-order valence-corrected chi connectivity index (χ1v) is 7.62. The first-order valence-electron chi connectivity index (χ1n) is 7.62. The van der Waals surface area contributed by atoms with Gasteiger partial charge in [-0.05, 0) is 36.8 Å². The number of nitrogens with zero attached hydrogens (tertiary/aromatic N) is 2. The van der Waals surface area contributed by atoms with E-state index in [9.17, 15) is 17.6 Å². The van der Waals surface area contributed by atoms with Gasteiger partial charge in [0.05, 0.1) is 5.69 Å². The van der Waals surface area contributed by atoms with Gasteiger partial charge in [-0.3, -0.25) is 0 Å². The van der Waals surface area contributed by atoms with Crippen molar-refractivity contribution in [2.24, 2.45) is 0 Å². The second-order valence-electron chi connectivity index (χ2n) is 5.55.